The number of carbonyl (C=O) groups excluding carboxylic acids is 2. The normalized spacial score (nSPS) is 14.2. The van der Waals surface area contributed by atoms with Crippen molar-refractivity contribution in [2.75, 3.05) is 36.8 Å². The van der Waals surface area contributed by atoms with Gasteiger partial charge < -0.3 is 14.9 Å². The van der Waals surface area contributed by atoms with Crippen molar-refractivity contribution in [3.63, 3.8) is 0 Å². The van der Waals surface area contributed by atoms with Crippen LogP contribution in [0.1, 0.15) is 27.1 Å². The van der Waals surface area contributed by atoms with Crippen LogP contribution < -0.4 is 9.62 Å². The fourth-order valence-electron chi connectivity index (χ4n) is 4.23. The lowest BCUT2D eigenvalue weighted by atomic mass is 10.0. The number of piperazine rings is 1. The number of phenolic OH excluding ortho intramolecular Hbond substituents is 1. The number of carbonyl (C=O) groups is 2. The van der Waals surface area contributed by atoms with Crippen LogP contribution in [0.4, 0.5) is 23.2 Å². The van der Waals surface area contributed by atoms with Crippen LogP contribution in [0.5, 0.6) is 5.75 Å². The number of benzene rings is 3. The highest BCUT2D eigenvalue weighted by Crippen LogP contribution is 2.27. The molecule has 1 heterocycles. The lowest BCUT2D eigenvalue weighted by molar-refractivity contribution is -0.130. The zero-order valence-electron chi connectivity index (χ0n) is 21.0. The lowest BCUT2D eigenvalue weighted by Gasteiger charge is -2.36. The molecule has 0 aliphatic carbocycles. The summed E-state index contributed by atoms with van der Waals surface area (Å²) in [5, 5.41) is 9.64. The third kappa shape index (κ3) is 7.29. The highest BCUT2D eigenvalue weighted by atomic mass is 32.2. The molecule has 0 unspecified atom stereocenters. The Morgan fingerprint density at radius 3 is 2.15 bits per heavy atom. The molecular formula is C27H25F4N3O5S. The van der Waals surface area contributed by atoms with Crippen LogP contribution in [0.3, 0.4) is 0 Å². The van der Waals surface area contributed by atoms with Gasteiger partial charge in [-0.3, -0.25) is 9.59 Å². The maximum absolute atomic E-state index is 14.8. The molecule has 0 aromatic heterocycles. The maximum Gasteiger partial charge on any atom is 0.390 e. The number of alkyl halides is 3. The molecule has 1 aliphatic heterocycles. The Balaban J connectivity index is 1.33. The summed E-state index contributed by atoms with van der Waals surface area (Å²) in [6, 6.07) is 16.2. The summed E-state index contributed by atoms with van der Waals surface area (Å²) >= 11 is 0. The number of halogens is 4. The number of anilines is 1. The van der Waals surface area contributed by atoms with E-state index in [2.05, 4.69) is 0 Å². The summed E-state index contributed by atoms with van der Waals surface area (Å²) in [5.74, 6) is -3.21. The molecule has 8 nitrogen and oxygen atoms in total. The average molecular weight is 580 g/mol. The molecule has 3 aromatic carbocycles. The van der Waals surface area contributed by atoms with Crippen molar-refractivity contribution in [1.82, 2.24) is 9.62 Å². The number of nitrogens with zero attached hydrogens (tertiary/aromatic N) is 2. The van der Waals surface area contributed by atoms with Crippen molar-refractivity contribution in [2.45, 2.75) is 12.6 Å². The van der Waals surface area contributed by atoms with E-state index in [-0.39, 0.29) is 28.3 Å². The van der Waals surface area contributed by atoms with Crippen LogP contribution in [-0.2, 0) is 10.0 Å². The number of hydrogen-bond acceptors (Lipinski definition) is 6. The van der Waals surface area contributed by atoms with E-state index in [1.807, 2.05) is 4.90 Å². The van der Waals surface area contributed by atoms with Gasteiger partial charge in [-0.25, -0.2) is 17.5 Å². The zero-order chi connectivity index (χ0) is 29.1. The molecule has 0 spiro atoms. The van der Waals surface area contributed by atoms with Crippen LogP contribution in [0.15, 0.2) is 66.7 Å². The summed E-state index contributed by atoms with van der Waals surface area (Å²) in [5.41, 5.74) is 1.59. The Morgan fingerprint density at radius 1 is 0.900 bits per heavy atom. The molecule has 4 rings (SSSR count). The summed E-state index contributed by atoms with van der Waals surface area (Å²) in [7, 11) is -4.45. The first-order chi connectivity index (χ1) is 18.8. The second kappa shape index (κ2) is 11.5. The van der Waals surface area contributed by atoms with Crippen molar-refractivity contribution in [3.05, 3.63) is 83.7 Å². The largest absolute Gasteiger partial charge is 0.508 e. The molecule has 2 amide bonds. The summed E-state index contributed by atoms with van der Waals surface area (Å²) in [6.45, 7) is 1.56. The number of rotatable bonds is 7. The quantitative estimate of drug-likeness (QED) is 0.407. The first kappa shape index (κ1) is 28.9. The molecule has 1 aliphatic rings. The predicted octanol–water partition coefficient (Wildman–Crippen LogP) is 4.17. The SMILES string of the molecule is O=C(NS(=O)(=O)CCC(F)(F)F)c1ccc(N2CCN(C(=O)c3ccc(-c4cccc(O)c4)c(F)c3)CC2)cc1. The molecule has 0 radical (unpaired) electrons. The zero-order valence-corrected chi connectivity index (χ0v) is 21.8. The topological polar surface area (TPSA) is 107 Å². The molecule has 0 atom stereocenters. The van der Waals surface area contributed by atoms with Crippen molar-refractivity contribution < 1.29 is 40.7 Å². The second-order valence-corrected chi connectivity index (χ2v) is 11.0. The number of amides is 2. The maximum atomic E-state index is 14.8. The molecular weight excluding hydrogens is 554 g/mol. The molecule has 40 heavy (non-hydrogen) atoms. The van der Waals surface area contributed by atoms with Crippen LogP contribution in [0.2, 0.25) is 0 Å². The van der Waals surface area contributed by atoms with E-state index in [0.29, 0.717) is 37.4 Å². The Kier molecular flexibility index (Phi) is 8.33. The van der Waals surface area contributed by atoms with Crippen LogP contribution >= 0.6 is 0 Å². The molecule has 0 saturated carbocycles. The van der Waals surface area contributed by atoms with E-state index in [0.717, 1.165) is 0 Å². The first-order valence-electron chi connectivity index (χ1n) is 12.2. The van der Waals surface area contributed by atoms with Gasteiger partial charge in [-0.05, 0) is 54.1 Å². The van der Waals surface area contributed by atoms with Crippen LogP contribution in [0.25, 0.3) is 11.1 Å². The molecule has 1 saturated heterocycles. The van der Waals surface area contributed by atoms with E-state index in [1.54, 1.807) is 33.9 Å². The van der Waals surface area contributed by atoms with Gasteiger partial charge in [0.1, 0.15) is 11.6 Å². The second-order valence-electron chi connectivity index (χ2n) is 9.19. The van der Waals surface area contributed by atoms with Crippen LogP contribution in [-0.4, -0.2) is 68.3 Å². The first-order valence-corrected chi connectivity index (χ1v) is 13.8. The predicted molar refractivity (Wildman–Crippen MR) is 140 cm³/mol. The van der Waals surface area contributed by atoms with Crippen molar-refractivity contribution in [3.8, 4) is 16.9 Å². The summed E-state index contributed by atoms with van der Waals surface area (Å²) in [6.07, 6.45) is -6.23. The van der Waals surface area contributed by atoms with E-state index in [1.165, 1.54) is 42.5 Å². The highest BCUT2D eigenvalue weighted by Gasteiger charge is 2.30. The van der Waals surface area contributed by atoms with Crippen molar-refractivity contribution >= 4 is 27.5 Å². The van der Waals surface area contributed by atoms with Gasteiger partial charge in [0.25, 0.3) is 11.8 Å². The minimum atomic E-state index is -4.66. The van der Waals surface area contributed by atoms with Gasteiger partial charge in [0.05, 0.1) is 12.2 Å². The monoisotopic (exact) mass is 579 g/mol. The van der Waals surface area contributed by atoms with Crippen molar-refractivity contribution in [1.29, 1.82) is 0 Å². The third-order valence-electron chi connectivity index (χ3n) is 6.34. The van der Waals surface area contributed by atoms with Gasteiger partial charge in [0, 0.05) is 48.6 Å². The summed E-state index contributed by atoms with van der Waals surface area (Å²) < 4.78 is 76.9. The smallest absolute Gasteiger partial charge is 0.390 e. The Labute approximate surface area is 227 Å². The van der Waals surface area contributed by atoms with E-state index in [9.17, 15) is 40.7 Å². The van der Waals surface area contributed by atoms with Gasteiger partial charge >= 0.3 is 6.18 Å². The molecule has 212 valence electrons. The fourth-order valence-corrected chi connectivity index (χ4v) is 5.23. The number of phenols is 1. The number of sulfonamides is 1. The number of nitrogens with one attached hydrogen (secondary N) is 1. The fraction of sp³-hybridized carbons (Fsp3) is 0.259. The molecule has 13 heteroatoms. The Morgan fingerprint density at radius 2 is 1.55 bits per heavy atom. The highest BCUT2D eigenvalue weighted by molar-refractivity contribution is 7.90. The van der Waals surface area contributed by atoms with Gasteiger partial charge in [-0.1, -0.05) is 18.2 Å². The number of aromatic hydroxyl groups is 1. The third-order valence-corrected chi connectivity index (χ3v) is 7.58. The minimum absolute atomic E-state index is 0.000585. The minimum Gasteiger partial charge on any atom is -0.508 e. The molecule has 3 aromatic rings. The van der Waals surface area contributed by atoms with Gasteiger partial charge in [-0.2, -0.15) is 13.2 Å². The molecule has 2 N–H and O–H groups in total. The molecule has 0 bridgehead atoms. The van der Waals surface area contributed by atoms with E-state index >= 15 is 0 Å². The summed E-state index contributed by atoms with van der Waals surface area (Å²) in [4.78, 5) is 28.7. The average Bonchev–Trinajstić information content (AvgIpc) is 2.91. The molecule has 1 fully saturated rings. The van der Waals surface area contributed by atoms with Gasteiger partial charge in [0.2, 0.25) is 10.0 Å². The lowest BCUT2D eigenvalue weighted by Crippen LogP contribution is -2.48. The Bertz CT molecular complexity index is 1500. The number of hydrogen-bond donors (Lipinski definition) is 2. The Hall–Kier alpha value is -4.13. The standard InChI is InChI=1S/C27H25F4N3O5S/c28-24-17-20(6-9-23(24)19-2-1-3-22(35)16-19)26(37)34-13-11-33(12-14-34)21-7-4-18(5-8-21)25(36)32-40(38,39)15-10-27(29,30)31/h1-9,16-17,35H,10-15H2,(H,32,36). The van der Waals surface area contributed by atoms with Crippen molar-refractivity contribution in [2.24, 2.45) is 0 Å². The van der Waals surface area contributed by atoms with E-state index in [4.69, 9.17) is 0 Å². The van der Waals surface area contributed by atoms with Gasteiger partial charge in [0.15, 0.2) is 0 Å². The van der Waals surface area contributed by atoms with E-state index < -0.39 is 40.1 Å². The van der Waals surface area contributed by atoms with Gasteiger partial charge in [-0.15, -0.1) is 0 Å². The van der Waals surface area contributed by atoms with Crippen LogP contribution in [0, 0.1) is 5.82 Å².